The van der Waals surface area contributed by atoms with Crippen molar-refractivity contribution in [1.82, 2.24) is 4.90 Å². The van der Waals surface area contributed by atoms with Crippen LogP contribution >= 0.6 is 0 Å². The highest BCUT2D eigenvalue weighted by atomic mass is 16.3. The zero-order chi connectivity index (χ0) is 14.4. The van der Waals surface area contributed by atoms with Crippen LogP contribution in [0.2, 0.25) is 0 Å². The Morgan fingerprint density at radius 2 is 1.62 bits per heavy atom. The van der Waals surface area contributed by atoms with E-state index >= 15 is 0 Å². The molecule has 5 fully saturated rings. The first kappa shape index (κ1) is 14.5. The second-order valence-electron chi connectivity index (χ2n) is 8.99. The fraction of sp³-hybridized carbons (Fsp3) is 1.00. The summed E-state index contributed by atoms with van der Waals surface area (Å²) in [5, 5.41) is 11.1. The summed E-state index contributed by atoms with van der Waals surface area (Å²) in [7, 11) is 0. The van der Waals surface area contributed by atoms with E-state index in [2.05, 4.69) is 11.8 Å². The van der Waals surface area contributed by atoms with Crippen LogP contribution in [0.5, 0.6) is 0 Å². The van der Waals surface area contributed by atoms with Gasteiger partial charge in [-0.3, -0.25) is 4.90 Å². The van der Waals surface area contributed by atoms with Gasteiger partial charge in [0.1, 0.15) is 0 Å². The number of aliphatic hydroxyl groups is 1. The van der Waals surface area contributed by atoms with Crippen LogP contribution < -0.4 is 0 Å². The van der Waals surface area contributed by atoms with Gasteiger partial charge in [0.25, 0.3) is 0 Å². The van der Waals surface area contributed by atoms with Crippen LogP contribution in [0.25, 0.3) is 0 Å². The molecule has 4 bridgehead atoms. The van der Waals surface area contributed by atoms with E-state index in [4.69, 9.17) is 0 Å². The lowest BCUT2D eigenvalue weighted by atomic mass is 9.48. The van der Waals surface area contributed by atoms with Gasteiger partial charge in [0.05, 0.1) is 6.10 Å². The van der Waals surface area contributed by atoms with Crippen molar-refractivity contribution in [3.05, 3.63) is 0 Å². The average molecular weight is 291 g/mol. The first-order valence-corrected chi connectivity index (χ1v) is 9.57. The topological polar surface area (TPSA) is 23.5 Å². The van der Waals surface area contributed by atoms with Crippen LogP contribution in [0.4, 0.5) is 0 Å². The smallest absolute Gasteiger partial charge is 0.0723 e. The van der Waals surface area contributed by atoms with E-state index < -0.39 is 0 Å². The van der Waals surface area contributed by atoms with Crippen LogP contribution in [0.15, 0.2) is 0 Å². The van der Waals surface area contributed by atoms with Crippen LogP contribution in [-0.2, 0) is 0 Å². The molecule has 1 aliphatic heterocycles. The van der Waals surface area contributed by atoms with Gasteiger partial charge < -0.3 is 5.11 Å². The molecule has 0 spiro atoms. The molecule has 1 N–H and O–H groups in total. The van der Waals surface area contributed by atoms with Gasteiger partial charge in [-0.25, -0.2) is 0 Å². The first-order chi connectivity index (χ1) is 10.1. The van der Waals surface area contributed by atoms with Crippen molar-refractivity contribution in [1.29, 1.82) is 0 Å². The van der Waals surface area contributed by atoms with Crippen molar-refractivity contribution in [2.75, 3.05) is 13.1 Å². The molecule has 2 heteroatoms. The Balaban J connectivity index is 1.45. The van der Waals surface area contributed by atoms with Gasteiger partial charge in [0.15, 0.2) is 0 Å². The summed E-state index contributed by atoms with van der Waals surface area (Å²) in [6, 6.07) is 0.677. The normalized spacial score (nSPS) is 48.3. The molecule has 0 aromatic rings. The Kier molecular flexibility index (Phi) is 3.82. The second-order valence-corrected chi connectivity index (χ2v) is 8.99. The average Bonchev–Trinajstić information content (AvgIpc) is 2.62. The summed E-state index contributed by atoms with van der Waals surface area (Å²) in [5.41, 5.74) is 0.306. The molecule has 0 aromatic carbocycles. The van der Waals surface area contributed by atoms with E-state index in [9.17, 15) is 5.11 Å². The van der Waals surface area contributed by atoms with E-state index in [1.807, 2.05) is 0 Å². The van der Waals surface area contributed by atoms with Gasteiger partial charge in [-0.15, -0.1) is 0 Å². The molecule has 4 saturated carbocycles. The number of hydrogen-bond acceptors (Lipinski definition) is 2. The Morgan fingerprint density at radius 1 is 1.00 bits per heavy atom. The third-order valence-electron chi connectivity index (χ3n) is 7.39. The van der Waals surface area contributed by atoms with Crippen molar-refractivity contribution >= 4 is 0 Å². The zero-order valence-corrected chi connectivity index (χ0v) is 13.8. The predicted octanol–water partition coefficient (Wildman–Crippen LogP) is 3.83. The van der Waals surface area contributed by atoms with Gasteiger partial charge in [-0.05, 0) is 88.0 Å². The van der Waals surface area contributed by atoms with Crippen LogP contribution in [0, 0.1) is 23.2 Å². The lowest BCUT2D eigenvalue weighted by Crippen LogP contribution is -2.55. The van der Waals surface area contributed by atoms with E-state index in [-0.39, 0.29) is 6.10 Å². The summed E-state index contributed by atoms with van der Waals surface area (Å²) in [6.07, 6.45) is 13.8. The molecule has 0 amide bonds. The van der Waals surface area contributed by atoms with E-state index in [0.717, 1.165) is 24.3 Å². The molecule has 1 saturated heterocycles. The summed E-state index contributed by atoms with van der Waals surface area (Å²) in [6.45, 7) is 4.54. The maximum atomic E-state index is 11.1. The van der Waals surface area contributed by atoms with Gasteiger partial charge in [-0.2, -0.15) is 0 Å². The molecule has 0 aromatic heterocycles. The SMILES string of the molecule is CC1CCCCCN1CC(O)C12CC3CC(CC(C3)C1)C2. The highest BCUT2D eigenvalue weighted by molar-refractivity contribution is 5.05. The second kappa shape index (κ2) is 5.53. The molecule has 4 aliphatic carbocycles. The van der Waals surface area contributed by atoms with Crippen LogP contribution in [0.3, 0.4) is 0 Å². The minimum atomic E-state index is -0.0635. The fourth-order valence-electron chi connectivity index (χ4n) is 6.61. The van der Waals surface area contributed by atoms with Gasteiger partial charge in [0.2, 0.25) is 0 Å². The molecule has 0 radical (unpaired) electrons. The molecule has 5 aliphatic rings. The van der Waals surface area contributed by atoms with E-state index in [0.29, 0.717) is 11.5 Å². The largest absolute Gasteiger partial charge is 0.391 e. The number of likely N-dealkylation sites (tertiary alicyclic amines) is 1. The van der Waals surface area contributed by atoms with Gasteiger partial charge in [0, 0.05) is 12.6 Å². The molecule has 2 unspecified atom stereocenters. The van der Waals surface area contributed by atoms with E-state index in [1.54, 1.807) is 0 Å². The molecule has 2 atom stereocenters. The van der Waals surface area contributed by atoms with Crippen molar-refractivity contribution in [3.63, 3.8) is 0 Å². The molecule has 5 rings (SSSR count). The lowest BCUT2D eigenvalue weighted by molar-refractivity contribution is -0.128. The minimum Gasteiger partial charge on any atom is -0.391 e. The first-order valence-electron chi connectivity index (χ1n) is 9.57. The highest BCUT2D eigenvalue weighted by Crippen LogP contribution is 2.61. The Labute approximate surface area is 130 Å². The van der Waals surface area contributed by atoms with Crippen molar-refractivity contribution < 1.29 is 5.11 Å². The van der Waals surface area contributed by atoms with Crippen LogP contribution in [-0.4, -0.2) is 35.2 Å². The fourth-order valence-corrected chi connectivity index (χ4v) is 6.61. The minimum absolute atomic E-state index is 0.0635. The third-order valence-corrected chi connectivity index (χ3v) is 7.39. The Bertz CT molecular complexity index is 344. The molecule has 2 nitrogen and oxygen atoms in total. The Morgan fingerprint density at radius 3 is 2.24 bits per heavy atom. The number of nitrogens with zero attached hydrogens (tertiary/aromatic N) is 1. The summed E-state index contributed by atoms with van der Waals surface area (Å²) in [4.78, 5) is 2.61. The monoisotopic (exact) mass is 291 g/mol. The molecule has 1 heterocycles. The number of β-amino-alcohol motifs (C(OH)–C–C–N with tert-alkyl or cyclic N) is 1. The van der Waals surface area contributed by atoms with Gasteiger partial charge >= 0.3 is 0 Å². The lowest BCUT2D eigenvalue weighted by Gasteiger charge is -2.59. The quantitative estimate of drug-likeness (QED) is 0.854. The van der Waals surface area contributed by atoms with Crippen molar-refractivity contribution in [2.24, 2.45) is 23.2 Å². The standard InChI is InChI=1S/C19H33NO/c1-14-5-3-2-4-6-20(14)13-18(21)19-10-15-7-16(11-19)9-17(8-15)12-19/h14-18,21H,2-13H2,1H3. The van der Waals surface area contributed by atoms with Crippen molar-refractivity contribution in [2.45, 2.75) is 83.3 Å². The molecule has 21 heavy (non-hydrogen) atoms. The highest BCUT2D eigenvalue weighted by Gasteiger charge is 2.54. The summed E-state index contributed by atoms with van der Waals surface area (Å²) in [5.74, 6) is 2.85. The predicted molar refractivity (Wildman–Crippen MR) is 86.1 cm³/mol. The number of rotatable bonds is 3. The van der Waals surface area contributed by atoms with Gasteiger partial charge in [-0.1, -0.05) is 12.8 Å². The summed E-state index contributed by atoms with van der Waals surface area (Å²) >= 11 is 0. The number of aliphatic hydroxyl groups excluding tert-OH is 1. The number of hydrogen-bond donors (Lipinski definition) is 1. The maximum absolute atomic E-state index is 11.1. The third kappa shape index (κ3) is 2.67. The zero-order valence-electron chi connectivity index (χ0n) is 13.8. The Hall–Kier alpha value is -0.0800. The molecule has 120 valence electrons. The van der Waals surface area contributed by atoms with Crippen LogP contribution in [0.1, 0.15) is 71.1 Å². The molecular formula is C19H33NO. The van der Waals surface area contributed by atoms with E-state index in [1.165, 1.54) is 70.8 Å². The van der Waals surface area contributed by atoms with Crippen molar-refractivity contribution in [3.8, 4) is 0 Å². The maximum Gasteiger partial charge on any atom is 0.0723 e. The summed E-state index contributed by atoms with van der Waals surface area (Å²) < 4.78 is 0. The molecular weight excluding hydrogens is 258 g/mol.